The van der Waals surface area contributed by atoms with Crippen molar-refractivity contribution in [1.82, 2.24) is 14.9 Å². The summed E-state index contributed by atoms with van der Waals surface area (Å²) < 4.78 is 24.8. The van der Waals surface area contributed by atoms with Gasteiger partial charge in [-0.1, -0.05) is 0 Å². The zero-order valence-corrected chi connectivity index (χ0v) is 12.2. The van der Waals surface area contributed by atoms with Gasteiger partial charge < -0.3 is 10.2 Å². The van der Waals surface area contributed by atoms with Crippen LogP contribution in [0.1, 0.15) is 32.1 Å². The van der Waals surface area contributed by atoms with Gasteiger partial charge in [-0.15, -0.1) is 0 Å². The smallest absolute Gasteiger partial charge is 0.236 e. The van der Waals surface area contributed by atoms with Gasteiger partial charge in [0.15, 0.2) is 0 Å². The molecule has 19 heavy (non-hydrogen) atoms. The van der Waals surface area contributed by atoms with E-state index in [0.717, 1.165) is 44.9 Å². The summed E-state index contributed by atoms with van der Waals surface area (Å²) in [7, 11) is -3.19. The molecule has 7 heteroatoms. The van der Waals surface area contributed by atoms with Crippen molar-refractivity contribution in [2.24, 2.45) is 0 Å². The molecule has 1 aliphatic heterocycles. The minimum Gasteiger partial charge on any atom is -0.337 e. The molecule has 0 aromatic heterocycles. The molecule has 2 rings (SSSR count). The van der Waals surface area contributed by atoms with Crippen LogP contribution in [0.15, 0.2) is 0 Å². The van der Waals surface area contributed by atoms with Crippen molar-refractivity contribution in [1.29, 1.82) is 0 Å². The first-order valence-corrected chi connectivity index (χ1v) is 8.82. The number of amides is 1. The van der Waals surface area contributed by atoms with Crippen LogP contribution >= 0.6 is 0 Å². The largest absolute Gasteiger partial charge is 0.337 e. The van der Waals surface area contributed by atoms with E-state index in [9.17, 15) is 13.2 Å². The van der Waals surface area contributed by atoms with Gasteiger partial charge in [0.1, 0.15) is 0 Å². The Bertz CT molecular complexity index is 420. The molecular weight excluding hydrogens is 266 g/mol. The molecule has 1 amide bonds. The van der Waals surface area contributed by atoms with Gasteiger partial charge in [0.05, 0.1) is 12.8 Å². The van der Waals surface area contributed by atoms with Gasteiger partial charge in [0.2, 0.25) is 15.9 Å². The van der Waals surface area contributed by atoms with E-state index >= 15 is 0 Å². The third kappa shape index (κ3) is 5.08. The van der Waals surface area contributed by atoms with Crippen LogP contribution in [-0.4, -0.2) is 57.2 Å². The van der Waals surface area contributed by atoms with Crippen molar-refractivity contribution in [3.8, 4) is 0 Å². The second kappa shape index (κ2) is 6.19. The Hall–Kier alpha value is -0.660. The fourth-order valence-electron chi connectivity index (χ4n) is 2.41. The standard InChI is InChI=1S/C12H23N3O3S/c1-19(17,18)14-8-11-4-2-3-7-15(11)12(16)9-13-10-5-6-10/h10-11,13-14H,2-9H2,1H3. The van der Waals surface area contributed by atoms with Gasteiger partial charge in [0, 0.05) is 25.2 Å². The van der Waals surface area contributed by atoms with Crippen LogP contribution < -0.4 is 10.0 Å². The number of nitrogens with one attached hydrogen (secondary N) is 2. The summed E-state index contributed by atoms with van der Waals surface area (Å²) in [4.78, 5) is 14.0. The lowest BCUT2D eigenvalue weighted by molar-refractivity contribution is -0.133. The monoisotopic (exact) mass is 289 g/mol. The number of nitrogens with zero attached hydrogens (tertiary/aromatic N) is 1. The van der Waals surface area contributed by atoms with Crippen molar-refractivity contribution in [2.45, 2.75) is 44.2 Å². The summed E-state index contributed by atoms with van der Waals surface area (Å²) in [5, 5.41) is 3.22. The van der Waals surface area contributed by atoms with Crippen molar-refractivity contribution in [3.63, 3.8) is 0 Å². The van der Waals surface area contributed by atoms with Gasteiger partial charge in [0.25, 0.3) is 0 Å². The highest BCUT2D eigenvalue weighted by atomic mass is 32.2. The highest BCUT2D eigenvalue weighted by Crippen LogP contribution is 2.19. The van der Waals surface area contributed by atoms with Gasteiger partial charge in [-0.25, -0.2) is 13.1 Å². The highest BCUT2D eigenvalue weighted by molar-refractivity contribution is 7.88. The van der Waals surface area contributed by atoms with Crippen LogP contribution in [0.4, 0.5) is 0 Å². The number of hydrogen-bond donors (Lipinski definition) is 2. The molecule has 1 atom stereocenters. The van der Waals surface area contributed by atoms with Gasteiger partial charge in [-0.2, -0.15) is 0 Å². The normalized spacial score (nSPS) is 24.5. The average molecular weight is 289 g/mol. The van der Waals surface area contributed by atoms with Crippen molar-refractivity contribution in [3.05, 3.63) is 0 Å². The Morgan fingerprint density at radius 3 is 2.63 bits per heavy atom. The Kier molecular flexibility index (Phi) is 4.81. The Labute approximate surface area is 115 Å². The maximum Gasteiger partial charge on any atom is 0.236 e. The number of likely N-dealkylation sites (tertiary alicyclic amines) is 1. The van der Waals surface area contributed by atoms with Crippen LogP contribution in [0.25, 0.3) is 0 Å². The molecule has 2 aliphatic rings. The molecule has 1 saturated carbocycles. The molecule has 110 valence electrons. The summed E-state index contributed by atoms with van der Waals surface area (Å²) in [6.45, 7) is 1.44. The molecule has 0 aromatic carbocycles. The van der Waals surface area contributed by atoms with E-state index in [1.807, 2.05) is 4.90 Å². The third-order valence-corrected chi connectivity index (χ3v) is 4.34. The first-order chi connectivity index (χ1) is 8.96. The first kappa shape index (κ1) is 14.7. The van der Waals surface area contributed by atoms with Gasteiger partial charge in [-0.05, 0) is 32.1 Å². The summed E-state index contributed by atoms with van der Waals surface area (Å²) in [6.07, 6.45) is 6.40. The zero-order valence-electron chi connectivity index (χ0n) is 11.4. The number of carbonyl (C=O) groups is 1. The summed E-state index contributed by atoms with van der Waals surface area (Å²) in [5.41, 5.74) is 0. The third-order valence-electron chi connectivity index (χ3n) is 3.65. The molecule has 2 fully saturated rings. The Morgan fingerprint density at radius 1 is 1.26 bits per heavy atom. The lowest BCUT2D eigenvalue weighted by atomic mass is 10.0. The number of piperidine rings is 1. The zero-order chi connectivity index (χ0) is 13.9. The minimum absolute atomic E-state index is 0.00280. The Morgan fingerprint density at radius 2 is 2.00 bits per heavy atom. The lowest BCUT2D eigenvalue weighted by Crippen LogP contribution is -2.51. The number of hydrogen-bond acceptors (Lipinski definition) is 4. The molecule has 1 saturated heterocycles. The summed E-state index contributed by atoms with van der Waals surface area (Å²) in [6, 6.07) is 0.512. The van der Waals surface area contributed by atoms with Crippen LogP contribution in [0, 0.1) is 0 Å². The van der Waals surface area contributed by atoms with Crippen molar-refractivity contribution < 1.29 is 13.2 Å². The van der Waals surface area contributed by atoms with E-state index < -0.39 is 10.0 Å². The molecule has 1 heterocycles. The van der Waals surface area contributed by atoms with E-state index in [1.54, 1.807) is 0 Å². The molecule has 1 aliphatic carbocycles. The van der Waals surface area contributed by atoms with Crippen LogP contribution in [0.2, 0.25) is 0 Å². The van der Waals surface area contributed by atoms with Gasteiger partial charge >= 0.3 is 0 Å². The van der Waals surface area contributed by atoms with E-state index in [4.69, 9.17) is 0 Å². The van der Waals surface area contributed by atoms with Crippen LogP contribution in [0.5, 0.6) is 0 Å². The van der Waals surface area contributed by atoms with Crippen LogP contribution in [-0.2, 0) is 14.8 Å². The SMILES string of the molecule is CS(=O)(=O)NCC1CCCCN1C(=O)CNC1CC1. The number of sulfonamides is 1. The van der Waals surface area contributed by atoms with E-state index in [-0.39, 0.29) is 11.9 Å². The molecule has 6 nitrogen and oxygen atoms in total. The first-order valence-electron chi connectivity index (χ1n) is 6.93. The summed E-state index contributed by atoms with van der Waals surface area (Å²) >= 11 is 0. The fraction of sp³-hybridized carbons (Fsp3) is 0.917. The molecule has 0 bridgehead atoms. The minimum atomic E-state index is -3.19. The lowest BCUT2D eigenvalue weighted by Gasteiger charge is -2.36. The maximum atomic E-state index is 12.2. The van der Waals surface area contributed by atoms with E-state index in [1.165, 1.54) is 0 Å². The molecule has 0 aromatic rings. The van der Waals surface area contributed by atoms with E-state index in [2.05, 4.69) is 10.0 Å². The predicted octanol–water partition coefficient (Wildman–Crippen LogP) is -0.331. The molecule has 1 unspecified atom stereocenters. The Balaban J connectivity index is 1.84. The quantitative estimate of drug-likeness (QED) is 0.702. The van der Waals surface area contributed by atoms with Crippen molar-refractivity contribution in [2.75, 3.05) is 25.9 Å². The summed E-state index contributed by atoms with van der Waals surface area (Å²) in [5.74, 6) is 0.0897. The van der Waals surface area contributed by atoms with E-state index in [0.29, 0.717) is 19.1 Å². The second-order valence-electron chi connectivity index (χ2n) is 5.51. The fourth-order valence-corrected chi connectivity index (χ4v) is 2.90. The van der Waals surface area contributed by atoms with Gasteiger partial charge in [-0.3, -0.25) is 4.79 Å². The maximum absolute atomic E-state index is 12.2. The highest BCUT2D eigenvalue weighted by Gasteiger charge is 2.28. The topological polar surface area (TPSA) is 78.5 Å². The number of rotatable bonds is 6. The van der Waals surface area contributed by atoms with Crippen molar-refractivity contribution >= 4 is 15.9 Å². The molecule has 0 spiro atoms. The molecular formula is C12H23N3O3S. The number of carbonyl (C=O) groups excluding carboxylic acids is 1. The second-order valence-corrected chi connectivity index (χ2v) is 7.35. The predicted molar refractivity (Wildman–Crippen MR) is 73.2 cm³/mol. The average Bonchev–Trinajstić information content (AvgIpc) is 3.17. The molecule has 2 N–H and O–H groups in total. The molecule has 0 radical (unpaired) electrons. The van der Waals surface area contributed by atoms with Crippen LogP contribution in [0.3, 0.4) is 0 Å².